The molecule has 0 aliphatic rings. The summed E-state index contributed by atoms with van der Waals surface area (Å²) in [5.41, 5.74) is 4.18. The minimum absolute atomic E-state index is 0.117. The van der Waals surface area contributed by atoms with Crippen LogP contribution in [0.1, 0.15) is 11.1 Å². The molecule has 0 aliphatic heterocycles. The molecule has 3 aromatic carbocycles. The van der Waals surface area contributed by atoms with Gasteiger partial charge in [-0.1, -0.05) is 45.7 Å². The Balaban J connectivity index is 1.42. The summed E-state index contributed by atoms with van der Waals surface area (Å²) in [6, 6.07) is 22.1. The molecular formula is C22H18BrClN2O3. The minimum atomic E-state index is -0.344. The Morgan fingerprint density at radius 2 is 1.62 bits per heavy atom. The van der Waals surface area contributed by atoms with Gasteiger partial charge in [-0.25, -0.2) is 5.43 Å². The highest BCUT2D eigenvalue weighted by molar-refractivity contribution is 9.10. The summed E-state index contributed by atoms with van der Waals surface area (Å²) < 4.78 is 12.1. The van der Waals surface area contributed by atoms with E-state index in [0.717, 1.165) is 15.6 Å². The molecule has 0 radical (unpaired) electrons. The average Bonchev–Trinajstić information content (AvgIpc) is 2.74. The van der Waals surface area contributed by atoms with Crippen LogP contribution in [0.25, 0.3) is 0 Å². The maximum absolute atomic E-state index is 11.8. The Hall–Kier alpha value is -2.83. The second-order valence-electron chi connectivity index (χ2n) is 5.98. The van der Waals surface area contributed by atoms with Gasteiger partial charge in [-0.2, -0.15) is 5.10 Å². The molecule has 0 unspecified atom stereocenters. The van der Waals surface area contributed by atoms with E-state index in [9.17, 15) is 4.79 Å². The lowest BCUT2D eigenvalue weighted by atomic mass is 10.2. The van der Waals surface area contributed by atoms with Gasteiger partial charge in [-0.15, -0.1) is 0 Å². The highest BCUT2D eigenvalue weighted by Crippen LogP contribution is 2.19. The molecule has 0 heterocycles. The third kappa shape index (κ3) is 6.93. The molecule has 29 heavy (non-hydrogen) atoms. The van der Waals surface area contributed by atoms with Crippen molar-refractivity contribution in [2.45, 2.75) is 6.61 Å². The second-order valence-corrected chi connectivity index (χ2v) is 7.31. The van der Waals surface area contributed by atoms with Crippen molar-refractivity contribution in [1.82, 2.24) is 5.43 Å². The zero-order valence-corrected chi connectivity index (χ0v) is 17.7. The topological polar surface area (TPSA) is 59.9 Å². The van der Waals surface area contributed by atoms with Gasteiger partial charge in [0.1, 0.15) is 18.1 Å². The number of carbonyl (C=O) groups excluding carboxylic acids is 1. The first-order valence-corrected chi connectivity index (χ1v) is 9.94. The third-order valence-corrected chi connectivity index (χ3v) is 4.72. The predicted molar refractivity (Wildman–Crippen MR) is 118 cm³/mol. The SMILES string of the molecule is O=C(COc1ccc(Br)cc1)N/N=C/c1ccc(OCc2ccccc2Cl)cc1. The number of hydrogen-bond acceptors (Lipinski definition) is 4. The van der Waals surface area contributed by atoms with Crippen LogP contribution in [0, 0.1) is 0 Å². The van der Waals surface area contributed by atoms with Crippen molar-refractivity contribution in [3.05, 3.63) is 93.4 Å². The van der Waals surface area contributed by atoms with Gasteiger partial charge in [0, 0.05) is 15.1 Å². The Labute approximate surface area is 182 Å². The first-order chi connectivity index (χ1) is 14.1. The standard InChI is InChI=1S/C22H18BrClN2O3/c23-18-7-11-20(12-8-18)29-15-22(27)26-25-13-16-5-9-19(10-6-16)28-14-17-3-1-2-4-21(17)24/h1-13H,14-15H2,(H,26,27)/b25-13+. The predicted octanol–water partition coefficient (Wildman–Crippen LogP) is 5.21. The highest BCUT2D eigenvalue weighted by atomic mass is 79.9. The Morgan fingerprint density at radius 1 is 0.966 bits per heavy atom. The quantitative estimate of drug-likeness (QED) is 0.361. The van der Waals surface area contributed by atoms with Crippen molar-refractivity contribution >= 4 is 39.7 Å². The van der Waals surface area contributed by atoms with E-state index in [1.54, 1.807) is 18.3 Å². The van der Waals surface area contributed by atoms with Gasteiger partial charge in [0.25, 0.3) is 5.91 Å². The summed E-state index contributed by atoms with van der Waals surface area (Å²) in [7, 11) is 0. The Morgan fingerprint density at radius 3 is 2.34 bits per heavy atom. The number of nitrogens with zero attached hydrogens (tertiary/aromatic N) is 1. The lowest BCUT2D eigenvalue weighted by molar-refractivity contribution is -0.123. The van der Waals surface area contributed by atoms with Crippen LogP contribution in [-0.4, -0.2) is 18.7 Å². The molecule has 3 aromatic rings. The fourth-order valence-electron chi connectivity index (χ4n) is 2.32. The monoisotopic (exact) mass is 472 g/mol. The van der Waals surface area contributed by atoms with Gasteiger partial charge in [0.05, 0.1) is 6.21 Å². The van der Waals surface area contributed by atoms with Crippen LogP contribution in [0.3, 0.4) is 0 Å². The van der Waals surface area contributed by atoms with E-state index in [1.807, 2.05) is 60.7 Å². The number of halogens is 2. The van der Waals surface area contributed by atoms with E-state index in [1.165, 1.54) is 0 Å². The normalized spacial score (nSPS) is 10.7. The molecule has 0 saturated heterocycles. The Bertz CT molecular complexity index is 976. The molecule has 0 spiro atoms. The van der Waals surface area contributed by atoms with Crippen LogP contribution in [0.5, 0.6) is 11.5 Å². The lowest BCUT2D eigenvalue weighted by Crippen LogP contribution is -2.24. The molecule has 0 aliphatic carbocycles. The van der Waals surface area contributed by atoms with E-state index >= 15 is 0 Å². The molecule has 7 heteroatoms. The lowest BCUT2D eigenvalue weighted by Gasteiger charge is -2.07. The van der Waals surface area contributed by atoms with Crippen LogP contribution in [-0.2, 0) is 11.4 Å². The molecule has 0 bridgehead atoms. The van der Waals surface area contributed by atoms with E-state index < -0.39 is 0 Å². The zero-order chi connectivity index (χ0) is 20.5. The summed E-state index contributed by atoms with van der Waals surface area (Å²) in [5, 5.41) is 4.61. The van der Waals surface area contributed by atoms with Crippen molar-refractivity contribution in [2.24, 2.45) is 5.10 Å². The van der Waals surface area contributed by atoms with Crippen molar-refractivity contribution < 1.29 is 14.3 Å². The number of rotatable bonds is 8. The van der Waals surface area contributed by atoms with Gasteiger partial charge in [-0.05, 0) is 60.2 Å². The van der Waals surface area contributed by atoms with Gasteiger partial charge in [0.15, 0.2) is 6.61 Å². The van der Waals surface area contributed by atoms with Crippen molar-refractivity contribution in [3.63, 3.8) is 0 Å². The van der Waals surface area contributed by atoms with Crippen LogP contribution >= 0.6 is 27.5 Å². The highest BCUT2D eigenvalue weighted by Gasteiger charge is 2.02. The van der Waals surface area contributed by atoms with Gasteiger partial charge in [-0.3, -0.25) is 4.79 Å². The largest absolute Gasteiger partial charge is 0.489 e. The molecule has 0 aromatic heterocycles. The number of ether oxygens (including phenoxy) is 2. The third-order valence-electron chi connectivity index (χ3n) is 3.82. The molecular weight excluding hydrogens is 456 g/mol. The van der Waals surface area contributed by atoms with E-state index in [2.05, 4.69) is 26.5 Å². The molecule has 1 N–H and O–H groups in total. The number of nitrogens with one attached hydrogen (secondary N) is 1. The molecule has 148 valence electrons. The van der Waals surface area contributed by atoms with Crippen molar-refractivity contribution in [1.29, 1.82) is 0 Å². The second kappa shape index (κ2) is 10.6. The number of amides is 1. The smallest absolute Gasteiger partial charge is 0.277 e. The molecule has 0 saturated carbocycles. The molecule has 3 rings (SSSR count). The average molecular weight is 474 g/mol. The number of hydrogen-bond donors (Lipinski definition) is 1. The zero-order valence-electron chi connectivity index (χ0n) is 15.3. The van der Waals surface area contributed by atoms with E-state index in [4.69, 9.17) is 21.1 Å². The summed E-state index contributed by atoms with van der Waals surface area (Å²) in [4.78, 5) is 11.8. The van der Waals surface area contributed by atoms with Crippen LogP contribution in [0.2, 0.25) is 5.02 Å². The minimum Gasteiger partial charge on any atom is -0.489 e. The molecule has 1 amide bonds. The maximum Gasteiger partial charge on any atom is 0.277 e. The van der Waals surface area contributed by atoms with Crippen molar-refractivity contribution in [2.75, 3.05) is 6.61 Å². The first kappa shape index (κ1) is 20.9. The number of hydrazone groups is 1. The van der Waals surface area contributed by atoms with Crippen LogP contribution in [0.4, 0.5) is 0 Å². The van der Waals surface area contributed by atoms with E-state index in [-0.39, 0.29) is 12.5 Å². The van der Waals surface area contributed by atoms with Gasteiger partial charge < -0.3 is 9.47 Å². The first-order valence-electron chi connectivity index (χ1n) is 8.77. The number of carbonyl (C=O) groups is 1. The molecule has 5 nitrogen and oxygen atoms in total. The maximum atomic E-state index is 11.8. The number of benzene rings is 3. The summed E-state index contributed by atoms with van der Waals surface area (Å²) in [6.07, 6.45) is 1.55. The molecule has 0 fully saturated rings. The summed E-state index contributed by atoms with van der Waals surface area (Å²) in [5.74, 6) is 0.984. The fraction of sp³-hybridized carbons (Fsp3) is 0.0909. The van der Waals surface area contributed by atoms with Crippen LogP contribution in [0.15, 0.2) is 82.4 Å². The van der Waals surface area contributed by atoms with Gasteiger partial charge in [0.2, 0.25) is 0 Å². The van der Waals surface area contributed by atoms with Crippen molar-refractivity contribution in [3.8, 4) is 11.5 Å². The fourth-order valence-corrected chi connectivity index (χ4v) is 2.77. The summed E-state index contributed by atoms with van der Waals surface area (Å²) in [6.45, 7) is 0.273. The van der Waals surface area contributed by atoms with E-state index in [0.29, 0.717) is 23.1 Å². The van der Waals surface area contributed by atoms with Gasteiger partial charge >= 0.3 is 0 Å². The Kier molecular flexibility index (Phi) is 7.67. The van der Waals surface area contributed by atoms with Crippen LogP contribution < -0.4 is 14.9 Å². The summed E-state index contributed by atoms with van der Waals surface area (Å²) >= 11 is 9.46. The molecule has 0 atom stereocenters.